The van der Waals surface area contributed by atoms with E-state index in [1.807, 2.05) is 6.07 Å². The number of nitrogens with one attached hydrogen (secondary N) is 2. The van der Waals surface area contributed by atoms with E-state index in [0.717, 1.165) is 25.9 Å². The van der Waals surface area contributed by atoms with Crippen LogP contribution in [0.15, 0.2) is 31.0 Å². The highest BCUT2D eigenvalue weighted by molar-refractivity contribution is 5.92. The molecule has 1 amide bonds. The third-order valence-corrected chi connectivity index (χ3v) is 3.63. The molecule has 110 valence electrons. The molecule has 0 spiro atoms. The van der Waals surface area contributed by atoms with Crippen molar-refractivity contribution < 1.29 is 4.79 Å². The number of aromatic nitrogens is 4. The van der Waals surface area contributed by atoms with Crippen LogP contribution in [0.4, 0.5) is 5.69 Å². The molecule has 2 N–H and O–H groups in total. The van der Waals surface area contributed by atoms with E-state index < -0.39 is 0 Å². The first-order valence-electron chi connectivity index (χ1n) is 7.13. The maximum Gasteiger partial charge on any atom is 0.224 e. The van der Waals surface area contributed by atoms with Gasteiger partial charge in [-0.2, -0.15) is 5.10 Å². The van der Waals surface area contributed by atoms with Gasteiger partial charge in [0.1, 0.15) is 12.7 Å². The molecular weight excluding hydrogens is 268 g/mol. The van der Waals surface area contributed by atoms with Crippen molar-refractivity contribution in [1.29, 1.82) is 0 Å². The Bertz CT molecular complexity index is 591. The molecule has 0 unspecified atom stereocenters. The minimum absolute atomic E-state index is 0.0243. The standard InChI is InChI=1S/C14H18N6O/c21-13(8-11-3-6-15-7-4-11)19-12-2-1-5-17-14(12)20-10-16-9-18-20/h1-2,5,9-11,15H,3-4,6-8H2,(H,19,21). The normalized spacial score (nSPS) is 15.8. The fraction of sp³-hybridized carbons (Fsp3) is 0.429. The Kier molecular flexibility index (Phi) is 4.20. The number of pyridine rings is 1. The number of carbonyl (C=O) groups is 1. The lowest BCUT2D eigenvalue weighted by Gasteiger charge is -2.22. The zero-order valence-electron chi connectivity index (χ0n) is 11.7. The van der Waals surface area contributed by atoms with E-state index in [2.05, 4.69) is 25.7 Å². The second kappa shape index (κ2) is 6.45. The van der Waals surface area contributed by atoms with Crippen molar-refractivity contribution in [3.63, 3.8) is 0 Å². The van der Waals surface area contributed by atoms with Crippen molar-refractivity contribution in [2.45, 2.75) is 19.3 Å². The molecular formula is C14H18N6O. The minimum Gasteiger partial charge on any atom is -0.323 e. The van der Waals surface area contributed by atoms with Crippen LogP contribution in [0.3, 0.4) is 0 Å². The lowest BCUT2D eigenvalue weighted by atomic mass is 9.94. The van der Waals surface area contributed by atoms with Crippen molar-refractivity contribution in [1.82, 2.24) is 25.1 Å². The van der Waals surface area contributed by atoms with Crippen LogP contribution in [0.2, 0.25) is 0 Å². The van der Waals surface area contributed by atoms with Gasteiger partial charge in [0.2, 0.25) is 5.91 Å². The number of hydrogen-bond acceptors (Lipinski definition) is 5. The molecule has 21 heavy (non-hydrogen) atoms. The quantitative estimate of drug-likeness (QED) is 0.875. The second-order valence-corrected chi connectivity index (χ2v) is 5.16. The number of carbonyl (C=O) groups excluding carboxylic acids is 1. The molecule has 1 aliphatic rings. The number of amides is 1. The first kappa shape index (κ1) is 13.7. The Hall–Kier alpha value is -2.28. The summed E-state index contributed by atoms with van der Waals surface area (Å²) in [5.41, 5.74) is 0.655. The van der Waals surface area contributed by atoms with Crippen LogP contribution < -0.4 is 10.6 Å². The van der Waals surface area contributed by atoms with Gasteiger partial charge in [-0.25, -0.2) is 14.6 Å². The molecule has 3 heterocycles. The Labute approximate surface area is 122 Å². The molecule has 0 aliphatic carbocycles. The largest absolute Gasteiger partial charge is 0.323 e. The maximum absolute atomic E-state index is 12.2. The Morgan fingerprint density at radius 2 is 2.29 bits per heavy atom. The van der Waals surface area contributed by atoms with E-state index in [9.17, 15) is 4.79 Å². The average molecular weight is 286 g/mol. The summed E-state index contributed by atoms with van der Waals surface area (Å²) in [6.45, 7) is 1.99. The average Bonchev–Trinajstić information content (AvgIpc) is 3.03. The topological polar surface area (TPSA) is 84.7 Å². The Morgan fingerprint density at radius 3 is 3.05 bits per heavy atom. The SMILES string of the molecule is O=C(CC1CCNCC1)Nc1cccnc1-n1cncn1. The zero-order chi connectivity index (χ0) is 14.5. The molecule has 1 saturated heterocycles. The lowest BCUT2D eigenvalue weighted by Crippen LogP contribution is -2.30. The van der Waals surface area contributed by atoms with E-state index in [0.29, 0.717) is 23.8 Å². The van der Waals surface area contributed by atoms with Crippen molar-refractivity contribution in [2.75, 3.05) is 18.4 Å². The predicted molar refractivity (Wildman–Crippen MR) is 78.0 cm³/mol. The van der Waals surface area contributed by atoms with Gasteiger partial charge in [-0.15, -0.1) is 0 Å². The number of rotatable bonds is 4. The second-order valence-electron chi connectivity index (χ2n) is 5.16. The van der Waals surface area contributed by atoms with Crippen LogP contribution in [0.5, 0.6) is 0 Å². The first-order valence-corrected chi connectivity index (χ1v) is 7.13. The summed E-state index contributed by atoms with van der Waals surface area (Å²) in [6, 6.07) is 3.62. The Morgan fingerprint density at radius 1 is 1.43 bits per heavy atom. The predicted octanol–water partition coefficient (Wildman–Crippen LogP) is 0.990. The summed E-state index contributed by atoms with van der Waals surface area (Å²) >= 11 is 0. The fourth-order valence-electron chi connectivity index (χ4n) is 2.54. The van der Waals surface area contributed by atoms with E-state index in [1.165, 1.54) is 6.33 Å². The highest BCUT2D eigenvalue weighted by Gasteiger charge is 2.18. The smallest absolute Gasteiger partial charge is 0.224 e. The monoisotopic (exact) mass is 286 g/mol. The minimum atomic E-state index is 0.0243. The van der Waals surface area contributed by atoms with Crippen molar-refractivity contribution in [3.05, 3.63) is 31.0 Å². The van der Waals surface area contributed by atoms with E-state index >= 15 is 0 Å². The molecule has 2 aromatic heterocycles. The van der Waals surface area contributed by atoms with Crippen LogP contribution in [0.25, 0.3) is 5.82 Å². The van der Waals surface area contributed by atoms with Crippen molar-refractivity contribution in [3.8, 4) is 5.82 Å². The zero-order valence-corrected chi connectivity index (χ0v) is 11.7. The molecule has 0 bridgehead atoms. The van der Waals surface area contributed by atoms with Gasteiger partial charge in [-0.3, -0.25) is 4.79 Å². The van der Waals surface area contributed by atoms with Gasteiger partial charge in [-0.1, -0.05) is 0 Å². The molecule has 0 aromatic carbocycles. The summed E-state index contributed by atoms with van der Waals surface area (Å²) in [5, 5.41) is 10.3. The molecule has 0 atom stereocenters. The number of anilines is 1. The van der Waals surface area contributed by atoms with E-state index in [-0.39, 0.29) is 5.91 Å². The molecule has 7 nitrogen and oxygen atoms in total. The van der Waals surface area contributed by atoms with Crippen molar-refractivity contribution >= 4 is 11.6 Å². The molecule has 1 fully saturated rings. The van der Waals surface area contributed by atoms with Gasteiger partial charge in [0.25, 0.3) is 0 Å². The lowest BCUT2D eigenvalue weighted by molar-refractivity contribution is -0.117. The summed E-state index contributed by atoms with van der Waals surface area (Å²) in [5.74, 6) is 1.06. The van der Waals surface area contributed by atoms with Crippen LogP contribution in [0, 0.1) is 5.92 Å². The number of nitrogens with zero attached hydrogens (tertiary/aromatic N) is 4. The maximum atomic E-state index is 12.2. The van der Waals surface area contributed by atoms with Gasteiger partial charge >= 0.3 is 0 Å². The fourth-order valence-corrected chi connectivity index (χ4v) is 2.54. The third-order valence-electron chi connectivity index (χ3n) is 3.63. The van der Waals surface area contributed by atoms with Crippen LogP contribution in [0.1, 0.15) is 19.3 Å². The highest BCUT2D eigenvalue weighted by atomic mass is 16.1. The molecule has 2 aromatic rings. The van der Waals surface area contributed by atoms with Gasteiger partial charge in [0, 0.05) is 12.6 Å². The first-order chi connectivity index (χ1) is 10.3. The van der Waals surface area contributed by atoms with E-state index in [1.54, 1.807) is 23.3 Å². The molecule has 1 aliphatic heterocycles. The summed E-state index contributed by atoms with van der Waals surface area (Å²) < 4.78 is 1.54. The van der Waals surface area contributed by atoms with Gasteiger partial charge < -0.3 is 10.6 Å². The van der Waals surface area contributed by atoms with Gasteiger partial charge in [0.05, 0.1) is 5.69 Å². The molecule has 7 heteroatoms. The van der Waals surface area contributed by atoms with Crippen LogP contribution in [-0.2, 0) is 4.79 Å². The van der Waals surface area contributed by atoms with Crippen molar-refractivity contribution in [2.24, 2.45) is 5.92 Å². The summed E-state index contributed by atoms with van der Waals surface area (Å²) in [4.78, 5) is 20.4. The molecule has 0 radical (unpaired) electrons. The summed E-state index contributed by atoms with van der Waals surface area (Å²) in [6.07, 6.45) is 7.32. The van der Waals surface area contributed by atoms with Gasteiger partial charge in [-0.05, 0) is 44.0 Å². The number of hydrogen-bond donors (Lipinski definition) is 2. The molecule has 3 rings (SSSR count). The molecule has 0 saturated carbocycles. The van der Waals surface area contributed by atoms with E-state index in [4.69, 9.17) is 0 Å². The summed E-state index contributed by atoms with van der Waals surface area (Å²) in [7, 11) is 0. The third kappa shape index (κ3) is 3.43. The van der Waals surface area contributed by atoms with Crippen LogP contribution in [-0.4, -0.2) is 38.7 Å². The van der Waals surface area contributed by atoms with Crippen LogP contribution >= 0.6 is 0 Å². The number of piperidine rings is 1. The highest BCUT2D eigenvalue weighted by Crippen LogP contribution is 2.19. The van der Waals surface area contributed by atoms with Gasteiger partial charge in [0.15, 0.2) is 5.82 Å². The Balaban J connectivity index is 1.68.